The van der Waals surface area contributed by atoms with Gasteiger partial charge in [-0.15, -0.1) is 11.8 Å². The zero-order valence-corrected chi connectivity index (χ0v) is 11.6. The number of oxazole rings is 1. The Labute approximate surface area is 106 Å². The number of amides is 1. The monoisotopic (exact) mass is 257 g/mol. The van der Waals surface area contributed by atoms with Crippen LogP contribution in [0.15, 0.2) is 10.7 Å². The summed E-state index contributed by atoms with van der Waals surface area (Å²) in [6.45, 7) is 7.94. The molecule has 1 atom stereocenters. The number of hydrogen-bond donors (Lipinski definition) is 2. The van der Waals surface area contributed by atoms with Crippen molar-refractivity contribution in [1.29, 1.82) is 0 Å². The van der Waals surface area contributed by atoms with E-state index >= 15 is 0 Å². The lowest BCUT2D eigenvalue weighted by molar-refractivity contribution is 0.0917. The van der Waals surface area contributed by atoms with Crippen molar-refractivity contribution in [3.63, 3.8) is 0 Å². The summed E-state index contributed by atoms with van der Waals surface area (Å²) < 4.78 is 5.12. The van der Waals surface area contributed by atoms with Crippen molar-refractivity contribution in [3.8, 4) is 0 Å². The molecule has 1 aromatic rings. The van der Waals surface area contributed by atoms with Crippen LogP contribution in [0.25, 0.3) is 0 Å². The Morgan fingerprint density at radius 2 is 2.18 bits per heavy atom. The number of nitrogens with one attached hydrogen (secondary N) is 2. The normalized spacial score (nSPS) is 13.2. The summed E-state index contributed by atoms with van der Waals surface area (Å²) in [5, 5.41) is 5.93. The second kappa shape index (κ2) is 5.44. The molecule has 17 heavy (non-hydrogen) atoms. The van der Waals surface area contributed by atoms with Gasteiger partial charge in [0.25, 0.3) is 5.89 Å². The molecule has 1 unspecified atom stereocenters. The van der Waals surface area contributed by atoms with Gasteiger partial charge in [-0.05, 0) is 34.0 Å². The second-order valence-corrected chi connectivity index (χ2v) is 5.94. The van der Waals surface area contributed by atoms with Crippen LogP contribution < -0.4 is 10.6 Å². The molecule has 0 spiro atoms. The minimum absolute atomic E-state index is 0.0356. The van der Waals surface area contributed by atoms with Crippen LogP contribution in [-0.4, -0.2) is 28.1 Å². The maximum atomic E-state index is 11.7. The van der Waals surface area contributed by atoms with Gasteiger partial charge in [-0.25, -0.2) is 0 Å². The summed E-state index contributed by atoms with van der Waals surface area (Å²) in [6.07, 6.45) is 3.37. The average Bonchev–Trinajstić information content (AvgIpc) is 2.63. The number of nitrogens with zero attached hydrogens (tertiary/aromatic N) is 1. The predicted molar refractivity (Wildman–Crippen MR) is 70.3 cm³/mol. The van der Waals surface area contributed by atoms with E-state index in [4.69, 9.17) is 4.42 Å². The summed E-state index contributed by atoms with van der Waals surface area (Å²) in [6, 6.07) is 0. The molecule has 6 heteroatoms. The molecular formula is C11H19N3O2S. The number of carbonyl (C=O) groups is 1. The summed E-state index contributed by atoms with van der Waals surface area (Å²) in [7, 11) is 0. The number of hydrogen-bond acceptors (Lipinski definition) is 5. The van der Waals surface area contributed by atoms with E-state index in [1.165, 1.54) is 6.26 Å². The second-order valence-electron chi connectivity index (χ2n) is 4.76. The van der Waals surface area contributed by atoms with Gasteiger partial charge in [-0.2, -0.15) is 4.98 Å². The molecule has 0 aromatic carbocycles. The first-order valence-corrected chi connectivity index (χ1v) is 6.68. The highest BCUT2D eigenvalue weighted by Gasteiger charge is 2.17. The third kappa shape index (κ3) is 4.68. The number of thioether (sulfide) groups is 1. The fraction of sp³-hybridized carbons (Fsp3) is 0.636. The Morgan fingerprint density at radius 3 is 2.71 bits per heavy atom. The van der Waals surface area contributed by atoms with Crippen LogP contribution in [0.1, 0.15) is 38.4 Å². The first-order chi connectivity index (χ1) is 7.81. The fourth-order valence-electron chi connectivity index (χ4n) is 1.12. The lowest BCUT2D eigenvalue weighted by atomic mass is 10.1. The molecule has 2 N–H and O–H groups in total. The Morgan fingerprint density at radius 1 is 1.53 bits per heavy atom. The van der Waals surface area contributed by atoms with Crippen LogP contribution >= 0.6 is 11.8 Å². The van der Waals surface area contributed by atoms with Gasteiger partial charge < -0.3 is 15.1 Å². The Hall–Kier alpha value is -1.17. The number of carbonyl (C=O) groups excluding carboxylic acids is 1. The molecule has 0 saturated carbocycles. The molecule has 0 radical (unpaired) electrons. The quantitative estimate of drug-likeness (QED) is 0.810. The molecule has 1 aromatic heterocycles. The van der Waals surface area contributed by atoms with E-state index in [9.17, 15) is 4.79 Å². The fourth-order valence-corrected chi connectivity index (χ4v) is 1.35. The molecule has 0 aliphatic carbocycles. The van der Waals surface area contributed by atoms with Gasteiger partial charge in [0.2, 0.25) is 0 Å². The minimum atomic E-state index is -0.297. The van der Waals surface area contributed by atoms with Gasteiger partial charge >= 0.3 is 5.91 Å². The van der Waals surface area contributed by atoms with E-state index in [0.717, 1.165) is 0 Å². The minimum Gasteiger partial charge on any atom is -0.439 e. The summed E-state index contributed by atoms with van der Waals surface area (Å²) in [5.41, 5.74) is -0.114. The third-order valence-electron chi connectivity index (χ3n) is 1.89. The van der Waals surface area contributed by atoms with E-state index in [1.54, 1.807) is 11.8 Å². The average molecular weight is 257 g/mol. The molecule has 1 heterocycles. The van der Waals surface area contributed by atoms with Gasteiger partial charge in [0, 0.05) is 5.54 Å². The van der Waals surface area contributed by atoms with Crippen molar-refractivity contribution < 1.29 is 9.21 Å². The molecule has 0 fully saturated rings. The molecule has 0 aliphatic heterocycles. The van der Waals surface area contributed by atoms with Crippen LogP contribution in [0.4, 0.5) is 5.82 Å². The SMILES string of the molecule is CSC(C)NC(=O)c1nc(NC(C)(C)C)co1. The van der Waals surface area contributed by atoms with Crippen LogP contribution in [-0.2, 0) is 0 Å². The van der Waals surface area contributed by atoms with Crippen molar-refractivity contribution in [3.05, 3.63) is 12.2 Å². The molecule has 0 aliphatic rings. The smallest absolute Gasteiger partial charge is 0.308 e. The molecule has 0 bridgehead atoms. The topological polar surface area (TPSA) is 67.2 Å². The summed E-state index contributed by atoms with van der Waals surface area (Å²) >= 11 is 1.55. The zero-order chi connectivity index (χ0) is 13.1. The first-order valence-electron chi connectivity index (χ1n) is 5.39. The van der Waals surface area contributed by atoms with Crippen molar-refractivity contribution in [2.24, 2.45) is 0 Å². The molecule has 1 amide bonds. The van der Waals surface area contributed by atoms with Gasteiger partial charge in [0.05, 0.1) is 5.37 Å². The van der Waals surface area contributed by atoms with Crippen molar-refractivity contribution in [2.45, 2.75) is 38.6 Å². The molecular weight excluding hydrogens is 238 g/mol. The van der Waals surface area contributed by atoms with Crippen LogP contribution in [0.3, 0.4) is 0 Å². The standard InChI is InChI=1S/C11H19N3O2S/c1-7(17-5)12-9(15)10-13-8(6-16-10)14-11(2,3)4/h6-7,14H,1-5H3,(H,12,15). The van der Waals surface area contributed by atoms with Gasteiger partial charge in [0.1, 0.15) is 6.26 Å². The Bertz CT molecular complexity index is 384. The van der Waals surface area contributed by atoms with Gasteiger partial charge in [-0.3, -0.25) is 4.79 Å². The van der Waals surface area contributed by atoms with Gasteiger partial charge in [-0.1, -0.05) is 0 Å². The summed E-state index contributed by atoms with van der Waals surface area (Å²) in [5.74, 6) is 0.353. The van der Waals surface area contributed by atoms with E-state index in [2.05, 4.69) is 15.6 Å². The molecule has 5 nitrogen and oxygen atoms in total. The Balaban J connectivity index is 2.65. The first kappa shape index (κ1) is 13.9. The van der Waals surface area contributed by atoms with E-state index in [0.29, 0.717) is 5.82 Å². The van der Waals surface area contributed by atoms with Crippen molar-refractivity contribution in [2.75, 3.05) is 11.6 Å². The van der Waals surface area contributed by atoms with Crippen LogP contribution in [0.2, 0.25) is 0 Å². The van der Waals surface area contributed by atoms with E-state index < -0.39 is 0 Å². The van der Waals surface area contributed by atoms with Crippen molar-refractivity contribution in [1.82, 2.24) is 10.3 Å². The highest BCUT2D eigenvalue weighted by molar-refractivity contribution is 7.99. The molecule has 0 saturated heterocycles. The largest absolute Gasteiger partial charge is 0.439 e. The number of rotatable bonds is 4. The summed E-state index contributed by atoms with van der Waals surface area (Å²) in [4.78, 5) is 15.8. The Kier molecular flexibility index (Phi) is 4.45. The molecule has 96 valence electrons. The maximum absolute atomic E-state index is 11.7. The zero-order valence-electron chi connectivity index (χ0n) is 10.8. The van der Waals surface area contributed by atoms with Crippen molar-refractivity contribution >= 4 is 23.5 Å². The number of aromatic nitrogens is 1. The lowest BCUT2D eigenvalue weighted by Gasteiger charge is -2.19. The third-order valence-corrected chi connectivity index (χ3v) is 2.71. The van der Waals surface area contributed by atoms with Crippen LogP contribution in [0, 0.1) is 0 Å². The predicted octanol–water partition coefficient (Wildman–Crippen LogP) is 2.32. The number of anilines is 1. The van der Waals surface area contributed by atoms with Crippen LogP contribution in [0.5, 0.6) is 0 Å². The lowest BCUT2D eigenvalue weighted by Crippen LogP contribution is -2.30. The van der Waals surface area contributed by atoms with E-state index in [1.807, 2.05) is 34.0 Å². The molecule has 1 rings (SSSR count). The van der Waals surface area contributed by atoms with E-state index in [-0.39, 0.29) is 22.7 Å². The highest BCUT2D eigenvalue weighted by atomic mass is 32.2. The van der Waals surface area contributed by atoms with Gasteiger partial charge in [0.15, 0.2) is 5.82 Å². The highest BCUT2D eigenvalue weighted by Crippen LogP contribution is 2.14. The maximum Gasteiger partial charge on any atom is 0.308 e.